The van der Waals surface area contributed by atoms with Crippen molar-refractivity contribution in [3.05, 3.63) is 55.6 Å². The summed E-state index contributed by atoms with van der Waals surface area (Å²) in [6.45, 7) is 9.77. The van der Waals surface area contributed by atoms with Crippen LogP contribution in [0.5, 0.6) is 0 Å². The van der Waals surface area contributed by atoms with E-state index in [2.05, 4.69) is 16.4 Å². The van der Waals surface area contributed by atoms with Gasteiger partial charge in [-0.15, -0.1) is 11.3 Å². The average molecular weight is 402 g/mol. The Morgan fingerprint density at radius 2 is 2.14 bits per heavy atom. The number of pyridine rings is 1. The molecule has 1 amide bonds. The molecule has 0 radical (unpaired) electrons. The van der Waals surface area contributed by atoms with E-state index in [1.807, 2.05) is 31.4 Å². The van der Waals surface area contributed by atoms with Crippen molar-refractivity contribution in [3.63, 3.8) is 0 Å². The Kier molecular flexibility index (Phi) is 6.73. The molecule has 1 unspecified atom stereocenters. The van der Waals surface area contributed by atoms with E-state index in [4.69, 9.17) is 0 Å². The SMILES string of the molecule is CCc1c(C(=O)N(C)Cc2cccs2)c(=O)cc(C)n1CC1CCCN1CC. The fraction of sp³-hybridized carbons (Fsp3) is 0.545. The third-order valence-electron chi connectivity index (χ3n) is 5.79. The monoisotopic (exact) mass is 401 g/mol. The number of amides is 1. The Morgan fingerprint density at radius 1 is 1.36 bits per heavy atom. The number of carbonyl (C=O) groups excluding carboxylic acids is 1. The lowest BCUT2D eigenvalue weighted by Crippen LogP contribution is -2.37. The van der Waals surface area contributed by atoms with E-state index >= 15 is 0 Å². The Hall–Kier alpha value is -1.92. The largest absolute Gasteiger partial charge is 0.346 e. The van der Waals surface area contributed by atoms with Crippen LogP contribution in [-0.2, 0) is 19.5 Å². The van der Waals surface area contributed by atoms with E-state index < -0.39 is 0 Å². The number of likely N-dealkylation sites (tertiary alicyclic amines) is 1. The van der Waals surface area contributed by atoms with Crippen LogP contribution in [0.15, 0.2) is 28.4 Å². The van der Waals surface area contributed by atoms with Gasteiger partial charge in [0.15, 0.2) is 5.43 Å². The lowest BCUT2D eigenvalue weighted by atomic mass is 10.1. The molecule has 6 heteroatoms. The van der Waals surface area contributed by atoms with Crippen molar-refractivity contribution < 1.29 is 4.79 Å². The molecular formula is C22H31N3O2S. The Balaban J connectivity index is 1.94. The van der Waals surface area contributed by atoms with Gasteiger partial charge in [0.1, 0.15) is 5.56 Å². The van der Waals surface area contributed by atoms with Gasteiger partial charge in [-0.1, -0.05) is 19.9 Å². The quantitative estimate of drug-likeness (QED) is 0.713. The van der Waals surface area contributed by atoms with Crippen LogP contribution in [0.3, 0.4) is 0 Å². The number of rotatable bonds is 7. The summed E-state index contributed by atoms with van der Waals surface area (Å²) in [6.07, 6.45) is 3.06. The number of nitrogens with zero attached hydrogens (tertiary/aromatic N) is 3. The first-order valence-corrected chi connectivity index (χ1v) is 11.1. The average Bonchev–Trinajstić information content (AvgIpc) is 3.34. The number of aryl methyl sites for hydroxylation is 1. The molecule has 152 valence electrons. The summed E-state index contributed by atoms with van der Waals surface area (Å²) >= 11 is 1.62. The third kappa shape index (κ3) is 4.23. The first-order valence-electron chi connectivity index (χ1n) is 10.2. The van der Waals surface area contributed by atoms with Gasteiger partial charge in [0.05, 0.1) is 6.54 Å². The maximum absolute atomic E-state index is 13.2. The first-order chi connectivity index (χ1) is 13.5. The maximum Gasteiger partial charge on any atom is 0.259 e. The van der Waals surface area contributed by atoms with E-state index in [0.29, 0.717) is 24.6 Å². The van der Waals surface area contributed by atoms with Gasteiger partial charge in [0, 0.05) is 42.0 Å². The third-order valence-corrected chi connectivity index (χ3v) is 6.65. The first kappa shape index (κ1) is 20.8. The Bertz CT molecular complexity index is 873. The zero-order valence-electron chi connectivity index (χ0n) is 17.4. The molecular weight excluding hydrogens is 370 g/mol. The summed E-state index contributed by atoms with van der Waals surface area (Å²) < 4.78 is 2.21. The highest BCUT2D eigenvalue weighted by Crippen LogP contribution is 2.21. The summed E-state index contributed by atoms with van der Waals surface area (Å²) in [7, 11) is 1.78. The van der Waals surface area contributed by atoms with Gasteiger partial charge >= 0.3 is 0 Å². The standard InChI is InChI=1S/C22H31N3O2S/c1-5-19-21(22(27)23(4)15-18-10-8-12-28-18)20(26)13-16(3)25(19)14-17-9-7-11-24(17)6-2/h8,10,12-13,17H,5-7,9,11,14-15H2,1-4H3. The molecule has 5 nitrogen and oxygen atoms in total. The molecule has 0 saturated carbocycles. The van der Waals surface area contributed by atoms with Gasteiger partial charge in [-0.2, -0.15) is 0 Å². The number of thiophene rings is 1. The second-order valence-electron chi connectivity index (χ2n) is 7.60. The minimum absolute atomic E-state index is 0.160. The van der Waals surface area contributed by atoms with Gasteiger partial charge in [-0.25, -0.2) is 0 Å². The van der Waals surface area contributed by atoms with Crippen LogP contribution in [0.4, 0.5) is 0 Å². The van der Waals surface area contributed by atoms with Crippen LogP contribution in [0.2, 0.25) is 0 Å². The Labute approximate surface area is 171 Å². The lowest BCUT2D eigenvalue weighted by Gasteiger charge is -2.28. The molecule has 1 aliphatic heterocycles. The highest BCUT2D eigenvalue weighted by atomic mass is 32.1. The molecule has 0 N–H and O–H groups in total. The topological polar surface area (TPSA) is 45.6 Å². The van der Waals surface area contributed by atoms with Crippen LogP contribution < -0.4 is 5.43 Å². The van der Waals surface area contributed by atoms with Gasteiger partial charge in [0.25, 0.3) is 5.91 Å². The minimum Gasteiger partial charge on any atom is -0.346 e. The summed E-state index contributed by atoms with van der Waals surface area (Å²) in [5.41, 5.74) is 2.00. The van der Waals surface area contributed by atoms with Crippen molar-refractivity contribution in [1.82, 2.24) is 14.4 Å². The summed E-state index contributed by atoms with van der Waals surface area (Å²) in [6, 6.07) is 6.11. The van der Waals surface area contributed by atoms with Crippen molar-refractivity contribution in [2.75, 3.05) is 20.1 Å². The predicted molar refractivity (Wildman–Crippen MR) is 115 cm³/mol. The number of carbonyl (C=O) groups is 1. The molecule has 1 fully saturated rings. The van der Waals surface area contributed by atoms with Crippen LogP contribution in [-0.4, -0.2) is 46.5 Å². The molecule has 0 bridgehead atoms. The minimum atomic E-state index is -0.178. The second-order valence-corrected chi connectivity index (χ2v) is 8.63. The summed E-state index contributed by atoms with van der Waals surface area (Å²) in [4.78, 5) is 31.3. The van der Waals surface area contributed by atoms with Crippen LogP contribution >= 0.6 is 11.3 Å². The molecule has 2 aromatic rings. The maximum atomic E-state index is 13.2. The number of aromatic nitrogens is 1. The molecule has 0 spiro atoms. The molecule has 1 saturated heterocycles. The molecule has 1 atom stereocenters. The molecule has 28 heavy (non-hydrogen) atoms. The van der Waals surface area contributed by atoms with E-state index in [9.17, 15) is 9.59 Å². The van der Waals surface area contributed by atoms with Gasteiger partial charge in [-0.3, -0.25) is 14.5 Å². The smallest absolute Gasteiger partial charge is 0.259 e. The van der Waals surface area contributed by atoms with E-state index in [-0.39, 0.29) is 11.3 Å². The van der Waals surface area contributed by atoms with Gasteiger partial charge < -0.3 is 9.47 Å². The highest BCUT2D eigenvalue weighted by molar-refractivity contribution is 7.09. The number of hydrogen-bond donors (Lipinski definition) is 0. The molecule has 3 heterocycles. The molecule has 0 aromatic carbocycles. The van der Waals surface area contributed by atoms with E-state index in [1.165, 1.54) is 12.8 Å². The van der Waals surface area contributed by atoms with Gasteiger partial charge in [-0.05, 0) is 50.7 Å². The van der Waals surface area contributed by atoms with Crippen molar-refractivity contribution in [2.45, 2.75) is 59.2 Å². The molecule has 2 aromatic heterocycles. The van der Waals surface area contributed by atoms with Crippen LogP contribution in [0.25, 0.3) is 0 Å². The summed E-state index contributed by atoms with van der Waals surface area (Å²) in [5.74, 6) is -0.178. The van der Waals surface area contributed by atoms with Crippen molar-refractivity contribution >= 4 is 17.2 Å². The Morgan fingerprint density at radius 3 is 2.79 bits per heavy atom. The predicted octanol–water partition coefficient (Wildman–Crippen LogP) is 3.54. The summed E-state index contributed by atoms with van der Waals surface area (Å²) in [5, 5.41) is 2.01. The lowest BCUT2D eigenvalue weighted by molar-refractivity contribution is 0.0782. The zero-order valence-corrected chi connectivity index (χ0v) is 18.2. The fourth-order valence-electron chi connectivity index (χ4n) is 4.31. The molecule has 3 rings (SSSR count). The normalized spacial score (nSPS) is 17.2. The van der Waals surface area contributed by atoms with Crippen molar-refractivity contribution in [3.8, 4) is 0 Å². The second kappa shape index (κ2) is 9.05. The van der Waals surface area contributed by atoms with Gasteiger partial charge in [0.2, 0.25) is 0 Å². The highest BCUT2D eigenvalue weighted by Gasteiger charge is 2.27. The molecule has 1 aliphatic rings. The van der Waals surface area contributed by atoms with Crippen molar-refractivity contribution in [1.29, 1.82) is 0 Å². The van der Waals surface area contributed by atoms with Crippen molar-refractivity contribution in [2.24, 2.45) is 0 Å². The molecule has 0 aliphatic carbocycles. The van der Waals surface area contributed by atoms with E-state index in [0.717, 1.165) is 35.9 Å². The van der Waals surface area contributed by atoms with Crippen LogP contribution in [0, 0.1) is 6.92 Å². The number of likely N-dealkylation sites (N-methyl/N-ethyl adjacent to an activating group) is 1. The zero-order chi connectivity index (χ0) is 20.3. The van der Waals surface area contributed by atoms with Crippen LogP contribution in [0.1, 0.15) is 53.3 Å². The number of hydrogen-bond acceptors (Lipinski definition) is 4. The van der Waals surface area contributed by atoms with E-state index in [1.54, 1.807) is 29.4 Å². The fourth-order valence-corrected chi connectivity index (χ4v) is 5.07.